The first-order chi connectivity index (χ1) is 44.4. The summed E-state index contributed by atoms with van der Waals surface area (Å²) in [5.41, 5.74) is 0. The lowest BCUT2D eigenvalue weighted by Gasteiger charge is -2.50. The number of allylic oxidation sites excluding steroid dienone is 5. The van der Waals surface area contributed by atoms with E-state index in [-0.39, 0.29) is 12.3 Å². The number of carbonyl (C=O) groups is 3. The minimum Gasteiger partial charge on any atom is -0.477 e. The Bertz CT molecular complexity index is 2000. The van der Waals surface area contributed by atoms with Crippen molar-refractivity contribution in [1.29, 1.82) is 0 Å². The topological polar surface area (TPSA) is 373 Å². The number of ether oxygens (including phenoxy) is 6. The van der Waals surface area contributed by atoms with Crippen LogP contribution in [-0.2, 0) is 42.8 Å². The molecular formula is C69H124N2O21. The van der Waals surface area contributed by atoms with Gasteiger partial charge in [0, 0.05) is 19.8 Å². The van der Waals surface area contributed by atoms with E-state index >= 15 is 0 Å². The summed E-state index contributed by atoms with van der Waals surface area (Å²) < 4.78 is 34.7. The molecule has 3 saturated heterocycles. The van der Waals surface area contributed by atoms with E-state index in [1.165, 1.54) is 128 Å². The second-order valence-corrected chi connectivity index (χ2v) is 25.7. The first-order valence-corrected chi connectivity index (χ1v) is 35.4. The fourth-order valence-electron chi connectivity index (χ4n) is 12.2. The lowest BCUT2D eigenvalue weighted by atomic mass is 9.88. The molecule has 3 rings (SSSR count). The second kappa shape index (κ2) is 49.5. The van der Waals surface area contributed by atoms with Crippen LogP contribution in [0.5, 0.6) is 0 Å². The highest BCUT2D eigenvalue weighted by Gasteiger charge is 2.60. The van der Waals surface area contributed by atoms with Crippen LogP contribution in [0.2, 0.25) is 0 Å². The highest BCUT2D eigenvalue weighted by Crippen LogP contribution is 2.39. The predicted octanol–water partition coefficient (Wildman–Crippen LogP) is 6.62. The normalized spacial score (nSPS) is 28.4. The second-order valence-electron chi connectivity index (χ2n) is 25.7. The molecule has 536 valence electrons. The standard InChI is InChI=1S/C69H124N2O21/c1-4-6-8-10-12-14-15-16-17-18-19-20-21-22-23-24-25-26-27-28-29-30-31-32-33-35-37-39-41-43-56(79)71-50(51(76)42-40-38-36-34-13-11-9-7-5-2)48-87-66-61(83)60(82)63(55(47-74)89-66)90-67-62(84)65(59(81)54(46-73)88-67)92-69(68(85)86)44-52(77)57(70-49(3)75)64(91-69)58(80)53(78)45-72/h19-20,22-23,40,42,50-55,57-67,72-74,76-78,80-84H,4-18,21,24-39,41,43-48H2,1-3H3,(H,70,75)(H,71,79)(H,85,86)/b20-19-,23-22-,42-40+. The zero-order valence-electron chi connectivity index (χ0n) is 55.9. The number of hydrogen-bond donors (Lipinski definition) is 14. The molecule has 0 aliphatic carbocycles. The lowest BCUT2D eigenvalue weighted by molar-refractivity contribution is -0.386. The monoisotopic (exact) mass is 1320 g/mol. The van der Waals surface area contributed by atoms with Gasteiger partial charge in [-0.3, -0.25) is 9.59 Å². The van der Waals surface area contributed by atoms with Crippen molar-refractivity contribution in [3.8, 4) is 0 Å². The van der Waals surface area contributed by atoms with E-state index < -0.39 is 155 Å². The van der Waals surface area contributed by atoms with Crippen LogP contribution in [0.15, 0.2) is 36.5 Å². The Morgan fingerprint density at radius 3 is 1.53 bits per heavy atom. The number of aliphatic carboxylic acids is 1. The molecule has 0 spiro atoms. The number of carbonyl (C=O) groups excluding carboxylic acids is 2. The summed E-state index contributed by atoms with van der Waals surface area (Å²) >= 11 is 0. The smallest absolute Gasteiger partial charge is 0.364 e. The Kier molecular flexibility index (Phi) is 44.7. The van der Waals surface area contributed by atoms with Crippen LogP contribution in [-0.4, -0.2) is 215 Å². The minimum atomic E-state index is -3.08. The number of nitrogens with one attached hydrogen (secondary N) is 2. The number of carboxylic acid groups (broad SMARTS) is 1. The van der Waals surface area contributed by atoms with E-state index in [1.54, 1.807) is 6.08 Å². The van der Waals surface area contributed by atoms with E-state index in [9.17, 15) is 75.7 Å². The van der Waals surface area contributed by atoms with Gasteiger partial charge in [0.25, 0.3) is 5.79 Å². The maximum Gasteiger partial charge on any atom is 0.364 e. The van der Waals surface area contributed by atoms with Crippen molar-refractivity contribution >= 4 is 17.8 Å². The van der Waals surface area contributed by atoms with E-state index in [1.807, 2.05) is 6.08 Å². The van der Waals surface area contributed by atoms with E-state index in [0.29, 0.717) is 12.8 Å². The third-order valence-corrected chi connectivity index (χ3v) is 17.8. The Morgan fingerprint density at radius 1 is 0.576 bits per heavy atom. The van der Waals surface area contributed by atoms with Gasteiger partial charge >= 0.3 is 5.97 Å². The molecule has 0 bridgehead atoms. The Labute approximate surface area is 548 Å². The van der Waals surface area contributed by atoms with Crippen LogP contribution in [0.1, 0.15) is 245 Å². The van der Waals surface area contributed by atoms with Crippen molar-refractivity contribution in [1.82, 2.24) is 10.6 Å². The molecule has 92 heavy (non-hydrogen) atoms. The molecule has 2 amide bonds. The summed E-state index contributed by atoms with van der Waals surface area (Å²) in [6.45, 7) is 2.08. The quantitative estimate of drug-likeness (QED) is 0.0225. The number of rotatable bonds is 53. The van der Waals surface area contributed by atoms with Crippen LogP contribution >= 0.6 is 0 Å². The van der Waals surface area contributed by atoms with Gasteiger partial charge < -0.3 is 100 Å². The molecule has 0 saturated carbocycles. The molecule has 0 aromatic carbocycles. The molecule has 23 heteroatoms. The molecule has 18 unspecified atom stereocenters. The molecular weight excluding hydrogens is 1190 g/mol. The first kappa shape index (κ1) is 83.2. The van der Waals surface area contributed by atoms with Gasteiger partial charge in [-0.15, -0.1) is 0 Å². The fraction of sp³-hybridized carbons (Fsp3) is 0.870. The Hall–Kier alpha value is -3.05. The van der Waals surface area contributed by atoms with Crippen molar-refractivity contribution in [2.45, 2.75) is 355 Å². The van der Waals surface area contributed by atoms with Gasteiger partial charge in [-0.1, -0.05) is 211 Å². The summed E-state index contributed by atoms with van der Waals surface area (Å²) in [7, 11) is 0. The van der Waals surface area contributed by atoms with E-state index in [0.717, 1.165) is 77.6 Å². The third-order valence-electron chi connectivity index (χ3n) is 17.8. The maximum absolute atomic E-state index is 13.4. The SMILES string of the molecule is CCCCCCCCC/C=C/C(O)C(COC1OC(CO)C(OC2OC(CO)C(O)C(OC3(C(=O)O)CC(O)C(NC(C)=O)C(C(O)C(O)CO)O3)C2O)C(O)C1O)NC(=O)CCCCCCCCCCCCCCC/C=C\C/C=C\CCCCCCCCCCC. The average Bonchev–Trinajstić information content (AvgIpc) is 0.762. The zero-order chi connectivity index (χ0) is 67.5. The molecule has 14 N–H and O–H groups in total. The van der Waals surface area contributed by atoms with Crippen molar-refractivity contribution in [3.05, 3.63) is 36.5 Å². The number of aliphatic hydroxyl groups is 11. The number of unbranched alkanes of at least 4 members (excludes halogenated alkanes) is 29. The summed E-state index contributed by atoms with van der Waals surface area (Å²) in [5.74, 6) is -6.15. The van der Waals surface area contributed by atoms with E-state index in [4.69, 9.17) is 28.4 Å². The van der Waals surface area contributed by atoms with Gasteiger partial charge in [-0.2, -0.15) is 0 Å². The molecule has 0 aromatic rings. The maximum atomic E-state index is 13.4. The zero-order valence-corrected chi connectivity index (χ0v) is 55.9. The largest absolute Gasteiger partial charge is 0.477 e. The minimum absolute atomic E-state index is 0.198. The molecule has 3 aliphatic heterocycles. The van der Waals surface area contributed by atoms with Crippen molar-refractivity contribution in [2.24, 2.45) is 0 Å². The van der Waals surface area contributed by atoms with Crippen molar-refractivity contribution in [2.75, 3.05) is 26.4 Å². The van der Waals surface area contributed by atoms with Gasteiger partial charge in [0.1, 0.15) is 67.1 Å². The fourth-order valence-corrected chi connectivity index (χ4v) is 12.2. The first-order valence-electron chi connectivity index (χ1n) is 35.4. The van der Waals surface area contributed by atoms with E-state index in [2.05, 4.69) is 48.8 Å². The predicted molar refractivity (Wildman–Crippen MR) is 347 cm³/mol. The summed E-state index contributed by atoms with van der Waals surface area (Å²) in [5, 5.41) is 136. The van der Waals surface area contributed by atoms with Crippen molar-refractivity contribution < 1.29 is 104 Å². The number of amides is 2. The summed E-state index contributed by atoms with van der Waals surface area (Å²) in [6.07, 6.45) is 22.4. The number of carboxylic acids is 1. The van der Waals surface area contributed by atoms with Crippen molar-refractivity contribution in [3.63, 3.8) is 0 Å². The third kappa shape index (κ3) is 31.4. The Balaban J connectivity index is 1.49. The summed E-state index contributed by atoms with van der Waals surface area (Å²) in [6, 6.07) is -2.62. The van der Waals surface area contributed by atoms with Gasteiger partial charge in [0.15, 0.2) is 12.6 Å². The molecule has 0 radical (unpaired) electrons. The lowest BCUT2D eigenvalue weighted by Crippen LogP contribution is -2.70. The van der Waals surface area contributed by atoms with Gasteiger partial charge in [-0.05, 0) is 51.4 Å². The highest BCUT2D eigenvalue weighted by molar-refractivity contribution is 5.77. The van der Waals surface area contributed by atoms with Crippen LogP contribution in [0.25, 0.3) is 0 Å². The number of hydrogen-bond acceptors (Lipinski definition) is 20. The van der Waals surface area contributed by atoms with Gasteiger partial charge in [-0.25, -0.2) is 4.79 Å². The number of aliphatic hydroxyl groups excluding tert-OH is 11. The van der Waals surface area contributed by atoms with Gasteiger partial charge in [0.05, 0.1) is 50.7 Å². The average molecular weight is 1320 g/mol. The molecule has 3 aliphatic rings. The van der Waals surface area contributed by atoms with Crippen LogP contribution in [0.4, 0.5) is 0 Å². The van der Waals surface area contributed by atoms with Crippen LogP contribution < -0.4 is 10.6 Å². The molecule has 23 nitrogen and oxygen atoms in total. The van der Waals surface area contributed by atoms with Gasteiger partial charge in [0.2, 0.25) is 11.8 Å². The highest BCUT2D eigenvalue weighted by atomic mass is 16.8. The molecule has 0 aromatic heterocycles. The Morgan fingerprint density at radius 2 is 1.05 bits per heavy atom. The van der Waals surface area contributed by atoms with Crippen LogP contribution in [0, 0.1) is 0 Å². The molecule has 3 heterocycles. The summed E-state index contributed by atoms with van der Waals surface area (Å²) in [4.78, 5) is 38.5. The molecule has 3 fully saturated rings. The van der Waals surface area contributed by atoms with Crippen LogP contribution in [0.3, 0.4) is 0 Å². The molecule has 18 atom stereocenters.